The number of anilines is 1. The molecule has 0 saturated carbocycles. The molecule has 0 aliphatic heterocycles. The highest BCUT2D eigenvalue weighted by Crippen LogP contribution is 2.27. The van der Waals surface area contributed by atoms with Crippen LogP contribution in [0.1, 0.15) is 19.4 Å². The summed E-state index contributed by atoms with van der Waals surface area (Å²) < 4.78 is 16.4. The summed E-state index contributed by atoms with van der Waals surface area (Å²) in [5.74, 6) is -0.324. The van der Waals surface area contributed by atoms with Gasteiger partial charge in [0, 0.05) is 36.3 Å². The Morgan fingerprint density at radius 1 is 1.10 bits per heavy atom. The fourth-order valence-electron chi connectivity index (χ4n) is 3.42. The van der Waals surface area contributed by atoms with Crippen molar-refractivity contribution in [1.82, 2.24) is 4.98 Å². The van der Waals surface area contributed by atoms with Gasteiger partial charge in [-0.25, -0.2) is 14.6 Å². The predicted octanol–water partition coefficient (Wildman–Crippen LogP) is 4.68. The molecule has 2 heterocycles. The van der Waals surface area contributed by atoms with Gasteiger partial charge in [-0.05, 0) is 49.7 Å². The van der Waals surface area contributed by atoms with Gasteiger partial charge in [0.1, 0.15) is 23.3 Å². The number of nitrogens with zero attached hydrogens (tertiary/aromatic N) is 2. The Hall–Kier alpha value is -3.87. The molecule has 0 radical (unpaired) electrons. The van der Waals surface area contributed by atoms with Gasteiger partial charge >= 0.3 is 11.6 Å². The maximum Gasteiger partial charge on any atom is 0.349 e. The summed E-state index contributed by atoms with van der Waals surface area (Å²) in [6, 6.07) is 12.8. The largest absolute Gasteiger partial charge is 0.458 e. The highest BCUT2D eigenvalue weighted by Gasteiger charge is 2.16. The molecule has 31 heavy (non-hydrogen) atoms. The Morgan fingerprint density at radius 3 is 2.65 bits per heavy atom. The number of esters is 1. The number of rotatable bonds is 7. The van der Waals surface area contributed by atoms with E-state index >= 15 is 0 Å². The molecule has 4 aromatic rings. The first-order valence-electron chi connectivity index (χ1n) is 10.0. The van der Waals surface area contributed by atoms with Crippen molar-refractivity contribution in [2.24, 2.45) is 0 Å². The Kier molecular flexibility index (Phi) is 5.58. The average Bonchev–Trinajstić information content (AvgIpc) is 3.20. The molecule has 7 nitrogen and oxygen atoms in total. The monoisotopic (exact) mass is 418 g/mol. The second-order valence-electron chi connectivity index (χ2n) is 6.97. The zero-order valence-electron chi connectivity index (χ0n) is 17.4. The first-order chi connectivity index (χ1) is 15.0. The van der Waals surface area contributed by atoms with E-state index in [1.807, 2.05) is 18.2 Å². The smallest absolute Gasteiger partial charge is 0.349 e. The van der Waals surface area contributed by atoms with Gasteiger partial charge in [0.15, 0.2) is 5.58 Å². The summed E-state index contributed by atoms with van der Waals surface area (Å²) in [6.07, 6.45) is 1.11. The molecule has 2 aromatic carbocycles. The fraction of sp³-hybridized carbons (Fsp3) is 0.208. The lowest BCUT2D eigenvalue weighted by atomic mass is 10.1. The molecule has 0 saturated heterocycles. The highest BCUT2D eigenvalue weighted by atomic mass is 16.5. The molecule has 158 valence electrons. The molecule has 0 aliphatic carbocycles. The summed E-state index contributed by atoms with van der Waals surface area (Å²) in [4.78, 5) is 30.5. The van der Waals surface area contributed by atoms with E-state index in [2.05, 4.69) is 30.3 Å². The van der Waals surface area contributed by atoms with Gasteiger partial charge in [-0.15, -0.1) is 0 Å². The van der Waals surface area contributed by atoms with Crippen LogP contribution >= 0.6 is 0 Å². The number of hydrogen-bond donors (Lipinski definition) is 0. The maximum absolute atomic E-state index is 12.7. The molecule has 0 bridgehead atoms. The van der Waals surface area contributed by atoms with Crippen molar-refractivity contribution in [3.05, 3.63) is 71.1 Å². The summed E-state index contributed by atoms with van der Waals surface area (Å²) in [5.41, 5.74) is 3.05. The molecular formula is C24H22N2O5. The minimum absolute atomic E-state index is 0.0871. The van der Waals surface area contributed by atoms with Crippen molar-refractivity contribution in [1.29, 1.82) is 0 Å². The number of fused-ring (bicyclic) bond motifs is 2. The van der Waals surface area contributed by atoms with E-state index in [-0.39, 0.29) is 18.1 Å². The lowest BCUT2D eigenvalue weighted by molar-refractivity contribution is -0.138. The van der Waals surface area contributed by atoms with Gasteiger partial charge in [0.25, 0.3) is 0 Å². The van der Waals surface area contributed by atoms with E-state index in [1.54, 1.807) is 24.3 Å². The van der Waals surface area contributed by atoms with Gasteiger partial charge < -0.3 is 18.5 Å². The molecule has 0 N–H and O–H groups in total. The van der Waals surface area contributed by atoms with E-state index in [9.17, 15) is 9.59 Å². The van der Waals surface area contributed by atoms with Crippen LogP contribution in [0.4, 0.5) is 5.69 Å². The standard InChI is InChI=1S/C24H22N2O5/c1-4-22(27)29-14-15-7-10-19-21(11-15)30-23(25-19)18-12-16-8-9-17(26(5-2)6-3)13-20(16)31-24(18)28/h4,7-13H,1,5-6,14H2,2-3H3. The SMILES string of the molecule is C=CC(=O)OCc1ccc2nc(-c3cc4ccc(N(CC)CC)cc4oc3=O)oc2c1. The summed E-state index contributed by atoms with van der Waals surface area (Å²) in [6.45, 7) is 9.34. The summed E-state index contributed by atoms with van der Waals surface area (Å²) in [5, 5.41) is 0.782. The van der Waals surface area contributed by atoms with Crippen LogP contribution in [0.15, 0.2) is 68.7 Å². The van der Waals surface area contributed by atoms with Crippen LogP contribution in [0, 0.1) is 0 Å². The van der Waals surface area contributed by atoms with Crippen LogP contribution in [0.2, 0.25) is 0 Å². The Labute approximate surface area is 178 Å². The third kappa shape index (κ3) is 4.07. The molecular weight excluding hydrogens is 396 g/mol. The van der Waals surface area contributed by atoms with Crippen LogP contribution in [0.3, 0.4) is 0 Å². The first kappa shape index (κ1) is 20.4. The van der Waals surface area contributed by atoms with Crippen molar-refractivity contribution in [2.75, 3.05) is 18.0 Å². The summed E-state index contributed by atoms with van der Waals surface area (Å²) in [7, 11) is 0. The average molecular weight is 418 g/mol. The number of ether oxygens (including phenoxy) is 1. The molecule has 4 rings (SSSR count). The molecule has 0 atom stereocenters. The zero-order chi connectivity index (χ0) is 22.0. The number of carbonyl (C=O) groups is 1. The van der Waals surface area contributed by atoms with Crippen LogP contribution in [0.25, 0.3) is 33.5 Å². The number of aromatic nitrogens is 1. The van der Waals surface area contributed by atoms with Crippen LogP contribution in [0.5, 0.6) is 0 Å². The quantitative estimate of drug-likeness (QED) is 0.245. The third-order valence-electron chi connectivity index (χ3n) is 5.08. The van der Waals surface area contributed by atoms with E-state index in [0.717, 1.165) is 35.8 Å². The van der Waals surface area contributed by atoms with Crippen LogP contribution in [-0.4, -0.2) is 24.0 Å². The lowest BCUT2D eigenvalue weighted by Gasteiger charge is -2.20. The highest BCUT2D eigenvalue weighted by molar-refractivity contribution is 5.85. The molecule has 0 aliphatic rings. The molecule has 0 amide bonds. The Morgan fingerprint density at radius 2 is 1.90 bits per heavy atom. The first-order valence-corrected chi connectivity index (χ1v) is 10.0. The van der Waals surface area contributed by atoms with Crippen molar-refractivity contribution < 1.29 is 18.4 Å². The topological polar surface area (TPSA) is 85.8 Å². The second kappa shape index (κ2) is 8.47. The second-order valence-corrected chi connectivity index (χ2v) is 6.97. The van der Waals surface area contributed by atoms with Crippen molar-refractivity contribution in [3.63, 3.8) is 0 Å². The Balaban J connectivity index is 1.69. The van der Waals surface area contributed by atoms with Gasteiger partial charge in [-0.2, -0.15) is 0 Å². The van der Waals surface area contributed by atoms with E-state index in [4.69, 9.17) is 13.6 Å². The molecule has 0 fully saturated rings. The van der Waals surface area contributed by atoms with Crippen molar-refractivity contribution >= 4 is 33.7 Å². The van der Waals surface area contributed by atoms with Crippen molar-refractivity contribution in [2.45, 2.75) is 20.5 Å². The lowest BCUT2D eigenvalue weighted by Crippen LogP contribution is -2.21. The molecule has 7 heteroatoms. The summed E-state index contributed by atoms with van der Waals surface area (Å²) >= 11 is 0. The van der Waals surface area contributed by atoms with Crippen molar-refractivity contribution in [3.8, 4) is 11.5 Å². The Bertz CT molecular complexity index is 1330. The van der Waals surface area contributed by atoms with Crippen LogP contribution < -0.4 is 10.5 Å². The molecule has 0 unspecified atom stereocenters. The normalized spacial score (nSPS) is 11.0. The number of hydrogen-bond acceptors (Lipinski definition) is 7. The van der Waals surface area contributed by atoms with E-state index < -0.39 is 11.6 Å². The minimum atomic E-state index is -0.518. The number of carbonyl (C=O) groups excluding carboxylic acids is 1. The zero-order valence-corrected chi connectivity index (χ0v) is 17.4. The van der Waals surface area contributed by atoms with Gasteiger partial charge in [-0.3, -0.25) is 0 Å². The minimum Gasteiger partial charge on any atom is -0.458 e. The van der Waals surface area contributed by atoms with E-state index in [1.165, 1.54) is 0 Å². The number of oxazole rings is 1. The van der Waals surface area contributed by atoms with Gasteiger partial charge in [0.05, 0.1) is 0 Å². The van der Waals surface area contributed by atoms with E-state index in [0.29, 0.717) is 16.7 Å². The molecule has 2 aromatic heterocycles. The fourth-order valence-corrected chi connectivity index (χ4v) is 3.42. The van der Waals surface area contributed by atoms with Gasteiger partial charge in [-0.1, -0.05) is 12.6 Å². The number of benzene rings is 2. The predicted molar refractivity (Wildman–Crippen MR) is 119 cm³/mol. The third-order valence-corrected chi connectivity index (χ3v) is 5.08. The molecule has 0 spiro atoms. The van der Waals surface area contributed by atoms with Crippen LogP contribution in [-0.2, 0) is 16.1 Å². The maximum atomic E-state index is 12.7. The van der Waals surface area contributed by atoms with Gasteiger partial charge in [0.2, 0.25) is 5.89 Å².